The van der Waals surface area contributed by atoms with E-state index in [9.17, 15) is 0 Å². The van der Waals surface area contributed by atoms with Crippen molar-refractivity contribution in [1.29, 1.82) is 0 Å². The van der Waals surface area contributed by atoms with Gasteiger partial charge in [0.1, 0.15) is 39.1 Å². The zero-order valence-electron chi connectivity index (χ0n) is 26.7. The fourth-order valence-electron chi connectivity index (χ4n) is 7.35. The van der Waals surface area contributed by atoms with Gasteiger partial charge in [0.15, 0.2) is 11.5 Å². The Morgan fingerprint density at radius 2 is 0.872 bits per heavy atom. The van der Waals surface area contributed by atoms with Crippen LogP contribution in [0.5, 0.6) is 34.5 Å². The smallest absolute Gasteiger partial charge is 0.151 e. The van der Waals surface area contributed by atoms with Crippen molar-refractivity contribution in [2.24, 2.45) is 0 Å². The van der Waals surface area contributed by atoms with Crippen molar-refractivity contribution in [3.05, 3.63) is 127 Å². The third kappa shape index (κ3) is 4.27. The van der Waals surface area contributed by atoms with Gasteiger partial charge in [-0.25, -0.2) is 0 Å². The fourth-order valence-corrected chi connectivity index (χ4v) is 14.0. The van der Waals surface area contributed by atoms with Gasteiger partial charge in [0, 0.05) is 0 Å². The highest BCUT2D eigenvalue weighted by Gasteiger charge is 2.41. The van der Waals surface area contributed by atoms with E-state index in [4.69, 9.17) is 14.2 Å². The molecule has 3 aliphatic rings. The van der Waals surface area contributed by atoms with Crippen LogP contribution in [0.15, 0.2) is 137 Å². The standard InChI is InChI=1S/C40H33NO3SSi2/c1-46(2)34-22-9-6-18-30(34)43-38-26(14-12-24-36(38)46)41(28-16-11-20-32-40(28)45-33-21-8-5-17-29(33)42-32)27-15-13-25-37-39(27)44-31-19-7-10-23-35(31)47(37,3)4/h5-25H,1-4H3. The summed E-state index contributed by atoms with van der Waals surface area (Å²) < 4.78 is 20.4. The molecule has 6 aromatic carbocycles. The number of anilines is 3. The highest BCUT2D eigenvalue weighted by Crippen LogP contribution is 2.55. The van der Waals surface area contributed by atoms with Crippen LogP contribution in [0.3, 0.4) is 0 Å². The average molecular weight is 664 g/mol. The van der Waals surface area contributed by atoms with Crippen LogP contribution in [-0.4, -0.2) is 16.1 Å². The molecule has 0 bridgehead atoms. The maximum absolute atomic E-state index is 6.93. The molecule has 3 heterocycles. The Morgan fingerprint density at radius 3 is 1.47 bits per heavy atom. The second-order valence-electron chi connectivity index (χ2n) is 13.3. The maximum Gasteiger partial charge on any atom is 0.151 e. The van der Waals surface area contributed by atoms with Crippen molar-refractivity contribution < 1.29 is 14.2 Å². The second-order valence-corrected chi connectivity index (χ2v) is 23.1. The zero-order valence-corrected chi connectivity index (χ0v) is 29.5. The minimum atomic E-state index is -2.09. The Bertz CT molecular complexity index is 2140. The van der Waals surface area contributed by atoms with E-state index >= 15 is 0 Å². The lowest BCUT2D eigenvalue weighted by Gasteiger charge is -2.39. The summed E-state index contributed by atoms with van der Waals surface area (Å²) in [4.78, 5) is 4.51. The molecule has 0 radical (unpaired) electrons. The van der Waals surface area contributed by atoms with Gasteiger partial charge < -0.3 is 19.1 Å². The summed E-state index contributed by atoms with van der Waals surface area (Å²) in [5.41, 5.74) is 2.99. The van der Waals surface area contributed by atoms with E-state index in [1.807, 2.05) is 12.1 Å². The van der Waals surface area contributed by atoms with Gasteiger partial charge in [-0.2, -0.15) is 0 Å². The van der Waals surface area contributed by atoms with E-state index in [0.29, 0.717) is 0 Å². The van der Waals surface area contributed by atoms with E-state index in [1.165, 1.54) is 20.7 Å². The number of nitrogens with zero attached hydrogens (tertiary/aromatic N) is 1. The molecule has 4 nitrogen and oxygen atoms in total. The Kier molecular flexibility index (Phi) is 6.31. The number of ether oxygens (including phenoxy) is 3. The quantitative estimate of drug-likeness (QED) is 0.176. The summed E-state index contributed by atoms with van der Waals surface area (Å²) in [6.07, 6.45) is 0. The number of fused-ring (bicyclic) bond motifs is 6. The van der Waals surface area contributed by atoms with Crippen LogP contribution >= 0.6 is 11.8 Å². The van der Waals surface area contributed by atoms with Crippen molar-refractivity contribution in [3.63, 3.8) is 0 Å². The van der Waals surface area contributed by atoms with Crippen molar-refractivity contribution in [1.82, 2.24) is 0 Å². The number of benzene rings is 6. The highest BCUT2D eigenvalue weighted by molar-refractivity contribution is 7.99. The van der Waals surface area contributed by atoms with Crippen LogP contribution in [0, 0.1) is 0 Å². The summed E-state index contributed by atoms with van der Waals surface area (Å²) in [6, 6.07) is 45.0. The molecule has 0 unspecified atom stereocenters. The molecule has 47 heavy (non-hydrogen) atoms. The van der Waals surface area contributed by atoms with Crippen molar-refractivity contribution in [3.8, 4) is 34.5 Å². The van der Waals surface area contributed by atoms with Crippen LogP contribution in [0.2, 0.25) is 26.2 Å². The van der Waals surface area contributed by atoms with Crippen LogP contribution in [-0.2, 0) is 0 Å². The van der Waals surface area contributed by atoms with Gasteiger partial charge in [-0.05, 0) is 69.3 Å². The molecule has 0 atom stereocenters. The normalized spacial score (nSPS) is 15.6. The molecule has 7 heteroatoms. The van der Waals surface area contributed by atoms with Crippen LogP contribution in [0.25, 0.3) is 0 Å². The summed E-state index contributed by atoms with van der Waals surface area (Å²) in [5, 5.41) is 5.20. The monoisotopic (exact) mass is 663 g/mol. The molecule has 0 amide bonds. The molecule has 0 aromatic heterocycles. The van der Waals surface area contributed by atoms with Crippen LogP contribution < -0.4 is 39.9 Å². The molecule has 0 spiro atoms. The molecule has 0 aliphatic carbocycles. The first-order chi connectivity index (χ1) is 22.8. The highest BCUT2D eigenvalue weighted by atomic mass is 32.2. The van der Waals surface area contributed by atoms with Gasteiger partial charge in [-0.15, -0.1) is 0 Å². The lowest BCUT2D eigenvalue weighted by atomic mass is 10.1. The molecule has 230 valence electrons. The maximum atomic E-state index is 6.93. The van der Waals surface area contributed by atoms with E-state index in [1.54, 1.807) is 11.8 Å². The predicted octanol–water partition coefficient (Wildman–Crippen LogP) is 9.27. The minimum Gasteiger partial charge on any atom is -0.455 e. The van der Waals surface area contributed by atoms with Gasteiger partial charge >= 0.3 is 0 Å². The summed E-state index contributed by atoms with van der Waals surface area (Å²) in [5.74, 6) is 5.43. The summed E-state index contributed by atoms with van der Waals surface area (Å²) >= 11 is 1.75. The zero-order chi connectivity index (χ0) is 31.9. The summed E-state index contributed by atoms with van der Waals surface area (Å²) in [6.45, 7) is 9.69. The molecule has 6 aromatic rings. The summed E-state index contributed by atoms with van der Waals surface area (Å²) in [7, 11) is -4.18. The fraction of sp³-hybridized carbons (Fsp3) is 0.100. The third-order valence-electron chi connectivity index (χ3n) is 9.84. The largest absolute Gasteiger partial charge is 0.455 e. The average Bonchev–Trinajstić information content (AvgIpc) is 3.08. The lowest BCUT2D eigenvalue weighted by Crippen LogP contribution is -2.56. The molecular formula is C40H33NO3SSi2. The van der Waals surface area contributed by atoms with Crippen LogP contribution in [0.1, 0.15) is 0 Å². The van der Waals surface area contributed by atoms with Crippen molar-refractivity contribution >= 4 is 65.7 Å². The predicted molar refractivity (Wildman–Crippen MR) is 198 cm³/mol. The van der Waals surface area contributed by atoms with Gasteiger partial charge in [-0.3, -0.25) is 0 Å². The van der Waals surface area contributed by atoms with E-state index in [2.05, 4.69) is 146 Å². The SMILES string of the molecule is C[Si]1(C)c2ccccc2Oc2c(N(c3cccc4c3Oc3ccccc3[Si]4(C)C)c3cccc4c3Sc3ccccc3O4)cccc21. The molecular weight excluding hydrogens is 631 g/mol. The molecule has 0 N–H and O–H groups in total. The first kappa shape index (κ1) is 28.5. The Labute approximate surface area is 281 Å². The Balaban J connectivity index is 1.32. The molecule has 3 aliphatic heterocycles. The van der Waals surface area contributed by atoms with Gasteiger partial charge in [0.2, 0.25) is 0 Å². The molecule has 0 saturated heterocycles. The van der Waals surface area contributed by atoms with E-state index in [0.717, 1.165) is 61.4 Å². The van der Waals surface area contributed by atoms with Gasteiger partial charge in [-0.1, -0.05) is 117 Å². The van der Waals surface area contributed by atoms with E-state index < -0.39 is 16.1 Å². The molecule has 9 rings (SSSR count). The number of para-hydroxylation sites is 5. The second kappa shape index (κ2) is 10.4. The van der Waals surface area contributed by atoms with Gasteiger partial charge in [0.25, 0.3) is 0 Å². The number of hydrogen-bond acceptors (Lipinski definition) is 5. The number of rotatable bonds is 3. The third-order valence-corrected chi connectivity index (χ3v) is 18.0. The molecule has 0 fully saturated rings. The first-order valence-corrected chi connectivity index (χ1v) is 22.8. The first-order valence-electron chi connectivity index (χ1n) is 16.0. The minimum absolute atomic E-state index is 0.840. The lowest BCUT2D eigenvalue weighted by molar-refractivity contribution is 0.454. The van der Waals surface area contributed by atoms with Crippen molar-refractivity contribution in [2.45, 2.75) is 36.0 Å². The van der Waals surface area contributed by atoms with Crippen molar-refractivity contribution in [2.75, 3.05) is 4.90 Å². The van der Waals surface area contributed by atoms with E-state index in [-0.39, 0.29) is 0 Å². The topological polar surface area (TPSA) is 30.9 Å². The Morgan fingerprint density at radius 1 is 0.426 bits per heavy atom. The Hall–Kier alpha value is -4.70. The molecule has 0 saturated carbocycles. The van der Waals surface area contributed by atoms with Crippen LogP contribution in [0.4, 0.5) is 17.1 Å². The van der Waals surface area contributed by atoms with Gasteiger partial charge in [0.05, 0.1) is 26.9 Å². The number of hydrogen-bond donors (Lipinski definition) is 0.